The van der Waals surface area contributed by atoms with Gasteiger partial charge in [-0.3, -0.25) is 19.1 Å². The van der Waals surface area contributed by atoms with Gasteiger partial charge in [-0.25, -0.2) is 18.2 Å². The molecule has 2 aromatic rings. The summed E-state index contributed by atoms with van der Waals surface area (Å²) < 4.78 is 53.2. The van der Waals surface area contributed by atoms with E-state index in [2.05, 4.69) is 33.9 Å². The van der Waals surface area contributed by atoms with Gasteiger partial charge in [0, 0.05) is 44.0 Å². The predicted octanol–water partition coefficient (Wildman–Crippen LogP) is 4.78. The lowest BCUT2D eigenvalue weighted by molar-refractivity contribution is -0.143. The highest BCUT2D eigenvalue weighted by Gasteiger charge is 2.54. The lowest BCUT2D eigenvalue weighted by atomic mass is 9.85. The number of aromatic nitrogens is 1. The van der Waals surface area contributed by atoms with E-state index >= 15 is 4.79 Å². The number of hydrogen-bond acceptors (Lipinski definition) is 12. The maximum absolute atomic E-state index is 15.1. The second-order valence-electron chi connectivity index (χ2n) is 19.6. The Kier molecular flexibility index (Phi) is 13.5. The summed E-state index contributed by atoms with van der Waals surface area (Å²) >= 11 is 0. The van der Waals surface area contributed by atoms with Crippen molar-refractivity contribution in [3.63, 3.8) is 0 Å². The average molecular weight is 907 g/mol. The van der Waals surface area contributed by atoms with E-state index in [-0.39, 0.29) is 37.0 Å². The molecule has 1 aromatic heterocycles. The van der Waals surface area contributed by atoms with Crippen LogP contribution in [-0.4, -0.2) is 128 Å². The molecule has 64 heavy (non-hydrogen) atoms. The van der Waals surface area contributed by atoms with Crippen molar-refractivity contribution in [2.45, 2.75) is 145 Å². The van der Waals surface area contributed by atoms with Gasteiger partial charge < -0.3 is 39.4 Å². The molecule has 1 aromatic carbocycles. The van der Waals surface area contributed by atoms with Gasteiger partial charge in [-0.1, -0.05) is 38.0 Å². The molecule has 5 fully saturated rings. The van der Waals surface area contributed by atoms with Crippen LogP contribution in [0, 0.1) is 17.8 Å². The number of sulfonamides is 1. The molecular formula is C47H66N6O10S. The predicted molar refractivity (Wildman–Crippen MR) is 239 cm³/mol. The number of carbonyl (C=O) groups excluding carboxylic acids is 4. The third-order valence-electron chi connectivity index (χ3n) is 14.8. The molecular weight excluding hydrogens is 841 g/mol. The zero-order valence-electron chi connectivity index (χ0n) is 37.8. The number of carbonyl (C=O) groups is 4. The van der Waals surface area contributed by atoms with E-state index in [4.69, 9.17) is 23.9 Å². The summed E-state index contributed by atoms with van der Waals surface area (Å²) in [5, 5.41) is 6.67. The van der Waals surface area contributed by atoms with Crippen LogP contribution in [-0.2, 0) is 40.3 Å². The first kappa shape index (κ1) is 46.1. The summed E-state index contributed by atoms with van der Waals surface area (Å²) in [5.41, 5.74) is -0.240. The van der Waals surface area contributed by atoms with Gasteiger partial charge in [0.05, 0.1) is 22.4 Å². The van der Waals surface area contributed by atoms with Crippen LogP contribution in [0.25, 0.3) is 10.9 Å². The molecule has 2 aliphatic carbocycles. The number of benzene rings is 1. The average Bonchev–Trinajstić information content (AvgIpc) is 4.18. The van der Waals surface area contributed by atoms with Crippen molar-refractivity contribution in [3.8, 4) is 11.6 Å². The minimum Gasteiger partial charge on any atom is -0.489 e. The number of alkyl carbamates (subject to hydrolysis) is 1. The lowest BCUT2D eigenvalue weighted by Gasteiger charge is -2.37. The number of nitrogens with one attached hydrogen (secondary N) is 3. The number of rotatable bonds is 10. The minimum absolute atomic E-state index is 0.00235. The molecule has 6 aliphatic rings. The number of amides is 4. The van der Waals surface area contributed by atoms with Crippen LogP contribution >= 0.6 is 0 Å². The Labute approximate surface area is 377 Å². The molecule has 0 radical (unpaired) electrons. The summed E-state index contributed by atoms with van der Waals surface area (Å²) in [6, 6.07) is 5.63. The fraction of sp³-hybridized carbons (Fsp3) is 0.681. The van der Waals surface area contributed by atoms with E-state index < -0.39 is 68.2 Å². The number of pyridine rings is 1. The molecule has 4 amide bonds. The van der Waals surface area contributed by atoms with Gasteiger partial charge in [-0.05, 0) is 109 Å². The van der Waals surface area contributed by atoms with E-state index in [1.54, 1.807) is 13.8 Å². The third-order valence-corrected chi connectivity index (χ3v) is 17.0. The number of fused-ring (bicyclic) bond motifs is 5. The summed E-state index contributed by atoms with van der Waals surface area (Å²) in [6.45, 7) is 11.2. The number of piperidine rings is 1. The SMILES string of the molecule is C=C[C@H](C)C(C)(NC(=O)[C@@H]1C[C@@H]2CN1C(=O)[C@H](C1CCOCC1)NC(=O)O[C@@H]1C[C@H]1CCCCCc1c(nc3ccccc3c1OC1CCN(C)CC1)O2)C(=O)NS(=O)(=O)C1(C)CC1. The molecule has 0 spiro atoms. The van der Waals surface area contributed by atoms with Crippen LogP contribution in [0.15, 0.2) is 36.9 Å². The summed E-state index contributed by atoms with van der Waals surface area (Å²) in [6.07, 6.45) is 8.44. The van der Waals surface area contributed by atoms with Crippen molar-refractivity contribution >= 4 is 44.7 Å². The van der Waals surface area contributed by atoms with Crippen LogP contribution in [0.4, 0.5) is 4.79 Å². The summed E-state index contributed by atoms with van der Waals surface area (Å²) in [4.78, 5) is 66.4. The van der Waals surface area contributed by atoms with Crippen LogP contribution < -0.4 is 24.8 Å². The molecule has 2 saturated carbocycles. The fourth-order valence-electron chi connectivity index (χ4n) is 9.66. The molecule has 8 rings (SSSR count). The number of hydrogen-bond donors (Lipinski definition) is 3. The Morgan fingerprint density at radius 3 is 2.48 bits per heavy atom. The van der Waals surface area contributed by atoms with Gasteiger partial charge in [-0.2, -0.15) is 0 Å². The van der Waals surface area contributed by atoms with Crippen molar-refractivity contribution in [1.82, 2.24) is 30.1 Å². The first-order valence-electron chi connectivity index (χ1n) is 23.4. The van der Waals surface area contributed by atoms with Crippen molar-refractivity contribution in [3.05, 3.63) is 42.5 Å². The molecule has 16 nitrogen and oxygen atoms in total. The first-order valence-corrected chi connectivity index (χ1v) is 24.9. The first-order chi connectivity index (χ1) is 30.6. The van der Waals surface area contributed by atoms with Crippen LogP contribution in [0.2, 0.25) is 0 Å². The standard InChI is InChI=1S/C47H66N6O10S/c1-6-29(2)47(4,44(56)51-64(58,59)46(3)20-21-46)50-41(54)37-27-33-28-53(37)43(55)39(30-18-24-60-25-19-30)49-45(57)63-38-26-31(38)12-8-7-9-14-35-40(61-32-16-22-52(5)23-17-32)34-13-10-11-15-36(34)48-42(35)62-33/h6,10-11,13,15,29-33,37-39H,1,7-9,12,14,16-28H2,2-5H3,(H,49,57)(H,50,54)(H,51,56)/t29-,31+,33+,37-,38+,39-,47?/m0/s1. The van der Waals surface area contributed by atoms with E-state index in [1.165, 1.54) is 17.9 Å². The highest BCUT2D eigenvalue weighted by Crippen LogP contribution is 2.43. The van der Waals surface area contributed by atoms with Gasteiger partial charge in [0.15, 0.2) is 0 Å². The smallest absolute Gasteiger partial charge is 0.408 e. The Morgan fingerprint density at radius 1 is 1.03 bits per heavy atom. The quantitative estimate of drug-likeness (QED) is 0.277. The topological polar surface area (TPSA) is 195 Å². The van der Waals surface area contributed by atoms with Gasteiger partial charge in [0.25, 0.3) is 5.91 Å². The van der Waals surface area contributed by atoms with E-state index in [0.717, 1.165) is 74.7 Å². The van der Waals surface area contributed by atoms with Gasteiger partial charge >= 0.3 is 6.09 Å². The van der Waals surface area contributed by atoms with Crippen LogP contribution in [0.3, 0.4) is 0 Å². The van der Waals surface area contributed by atoms with E-state index in [1.807, 2.05) is 24.3 Å². The monoisotopic (exact) mass is 906 g/mol. The number of para-hydroxylation sites is 1. The second-order valence-corrected chi connectivity index (χ2v) is 21.8. The van der Waals surface area contributed by atoms with Gasteiger partial charge in [0.2, 0.25) is 27.7 Å². The molecule has 1 unspecified atom stereocenters. The van der Waals surface area contributed by atoms with Crippen LogP contribution in [0.5, 0.6) is 11.6 Å². The lowest BCUT2D eigenvalue weighted by Crippen LogP contribution is -2.64. The molecule has 3 N–H and O–H groups in total. The Morgan fingerprint density at radius 2 is 1.77 bits per heavy atom. The number of likely N-dealkylation sites (tertiary alicyclic amines) is 1. The van der Waals surface area contributed by atoms with Crippen molar-refractivity contribution in [2.75, 3.05) is 39.9 Å². The van der Waals surface area contributed by atoms with Crippen molar-refractivity contribution in [2.24, 2.45) is 17.8 Å². The molecule has 3 saturated heterocycles. The zero-order chi connectivity index (χ0) is 45.4. The molecule has 5 heterocycles. The third kappa shape index (κ3) is 9.86. The largest absolute Gasteiger partial charge is 0.489 e. The van der Waals surface area contributed by atoms with E-state index in [9.17, 15) is 22.8 Å². The molecule has 7 atom stereocenters. The fourth-order valence-corrected chi connectivity index (χ4v) is 11.0. The molecule has 2 bridgehead atoms. The maximum Gasteiger partial charge on any atom is 0.408 e. The Bertz CT molecular complexity index is 2210. The minimum atomic E-state index is -4.07. The van der Waals surface area contributed by atoms with Crippen molar-refractivity contribution in [1.29, 1.82) is 0 Å². The molecule has 4 aliphatic heterocycles. The van der Waals surface area contributed by atoms with Crippen molar-refractivity contribution < 1.29 is 46.5 Å². The second kappa shape index (κ2) is 18.8. The maximum atomic E-state index is 15.1. The van der Waals surface area contributed by atoms with Gasteiger partial charge in [-0.15, -0.1) is 6.58 Å². The number of ether oxygens (including phenoxy) is 4. The Hall–Kier alpha value is -4.48. The highest BCUT2D eigenvalue weighted by atomic mass is 32.2. The van der Waals surface area contributed by atoms with E-state index in [0.29, 0.717) is 56.7 Å². The molecule has 350 valence electrons. The zero-order valence-corrected chi connectivity index (χ0v) is 38.6. The normalized spacial score (nSPS) is 28.6. The highest BCUT2D eigenvalue weighted by molar-refractivity contribution is 7.91. The van der Waals surface area contributed by atoms with Crippen LogP contribution in [0.1, 0.15) is 103 Å². The molecule has 17 heteroatoms. The summed E-state index contributed by atoms with van der Waals surface area (Å²) in [7, 11) is -1.95. The number of nitrogens with zero attached hydrogens (tertiary/aromatic N) is 3. The van der Waals surface area contributed by atoms with Gasteiger partial charge in [0.1, 0.15) is 41.7 Å². The Balaban J connectivity index is 1.16. The summed E-state index contributed by atoms with van der Waals surface area (Å²) in [5.74, 6) is -1.75.